The Balaban J connectivity index is 1.14. The van der Waals surface area contributed by atoms with Crippen LogP contribution >= 0.6 is 11.8 Å². The van der Waals surface area contributed by atoms with Crippen molar-refractivity contribution in [1.82, 2.24) is 44.5 Å². The molecule has 0 aliphatic carbocycles. The Morgan fingerprint density at radius 3 is 2.68 bits per heavy atom. The molecule has 1 saturated heterocycles. The van der Waals surface area contributed by atoms with Gasteiger partial charge in [0.2, 0.25) is 10.0 Å². The van der Waals surface area contributed by atoms with Crippen molar-refractivity contribution < 1.29 is 13.2 Å². The van der Waals surface area contributed by atoms with Crippen molar-refractivity contribution >= 4 is 26.8 Å². The molecule has 180 valence electrons. The van der Waals surface area contributed by atoms with Crippen LogP contribution in [-0.2, 0) is 16.6 Å². The Morgan fingerprint density at radius 1 is 1.21 bits per heavy atom. The number of hydrogen-bond acceptors (Lipinski definition) is 11. The molecule has 2 aliphatic rings. The van der Waals surface area contributed by atoms with Crippen LogP contribution in [0.15, 0.2) is 35.8 Å². The first-order chi connectivity index (χ1) is 16.4. The van der Waals surface area contributed by atoms with Crippen LogP contribution in [0.1, 0.15) is 38.4 Å². The number of nitrogens with zero attached hydrogens (tertiary/aromatic N) is 10. The summed E-state index contributed by atoms with van der Waals surface area (Å²) in [6.07, 6.45) is 6.03. The predicted octanol–water partition coefficient (Wildman–Crippen LogP) is 1.07. The van der Waals surface area contributed by atoms with E-state index >= 15 is 0 Å². The van der Waals surface area contributed by atoms with Crippen LogP contribution in [-0.4, -0.2) is 81.7 Å². The van der Waals surface area contributed by atoms with Crippen molar-refractivity contribution in [1.29, 1.82) is 0 Å². The predicted molar refractivity (Wildman–Crippen MR) is 124 cm³/mol. The van der Waals surface area contributed by atoms with Gasteiger partial charge in [-0.05, 0) is 49.2 Å². The van der Waals surface area contributed by atoms with Gasteiger partial charge in [-0.1, -0.05) is 11.8 Å². The smallest absolute Gasteiger partial charge is 0.228 e. The third-order valence-electron chi connectivity index (χ3n) is 5.72. The first-order valence-corrected chi connectivity index (χ1v) is 13.2. The van der Waals surface area contributed by atoms with Gasteiger partial charge in [-0.25, -0.2) is 17.7 Å². The molecule has 2 aliphatic heterocycles. The van der Waals surface area contributed by atoms with Gasteiger partial charge < -0.3 is 4.74 Å². The molecule has 0 spiro atoms. The molecule has 2 unspecified atom stereocenters. The molecule has 0 radical (unpaired) electrons. The van der Waals surface area contributed by atoms with Crippen molar-refractivity contribution in [3.05, 3.63) is 36.5 Å². The van der Waals surface area contributed by atoms with E-state index in [-0.39, 0.29) is 18.7 Å². The molecular formula is C19H24N10O3S2. The van der Waals surface area contributed by atoms with Crippen LogP contribution in [0.4, 0.5) is 0 Å². The number of thioether (sulfide) groups is 1. The van der Waals surface area contributed by atoms with Gasteiger partial charge in [-0.2, -0.15) is 19.7 Å². The van der Waals surface area contributed by atoms with E-state index in [1.165, 1.54) is 22.8 Å². The Kier molecular flexibility index (Phi) is 6.31. The molecule has 5 rings (SSSR count). The van der Waals surface area contributed by atoms with E-state index in [4.69, 9.17) is 4.74 Å². The van der Waals surface area contributed by atoms with E-state index in [0.29, 0.717) is 43.2 Å². The van der Waals surface area contributed by atoms with E-state index in [1.54, 1.807) is 33.6 Å². The Labute approximate surface area is 200 Å². The summed E-state index contributed by atoms with van der Waals surface area (Å²) < 4.78 is 34.4. The molecule has 0 bridgehead atoms. The fourth-order valence-corrected chi connectivity index (χ4v) is 7.66. The standard InChI is InChI=1S/C19H24N10O3S2/c1-13-19(33-14(2)23-13)34(30,31)27-7-5-16(6-8-27)29-22-9-15(24-29)11-32-17-3-4-18(20-10-17)28-12-21-25-26-28/h3-4,9-10,12-13,16,19H,5-8,11H2,1-2H3. The third-order valence-corrected chi connectivity index (χ3v) is 9.87. The van der Waals surface area contributed by atoms with Crippen molar-refractivity contribution in [3.63, 3.8) is 0 Å². The average Bonchev–Trinajstić information content (AvgIpc) is 3.60. The first kappa shape index (κ1) is 22.9. The number of pyridine rings is 1. The summed E-state index contributed by atoms with van der Waals surface area (Å²) in [5.41, 5.74) is 0.684. The highest BCUT2D eigenvalue weighted by Gasteiger charge is 2.41. The number of aliphatic imine (C=N–C) groups is 1. The molecule has 2 atom stereocenters. The van der Waals surface area contributed by atoms with E-state index < -0.39 is 14.6 Å². The van der Waals surface area contributed by atoms with Crippen molar-refractivity contribution in [3.8, 4) is 11.6 Å². The lowest BCUT2D eigenvalue weighted by atomic mass is 10.1. The fraction of sp³-hybridized carbons (Fsp3) is 0.526. The Hall–Kier alpha value is -2.91. The summed E-state index contributed by atoms with van der Waals surface area (Å²) in [7, 11) is -3.41. The largest absolute Gasteiger partial charge is 0.486 e. The SMILES string of the molecule is CC1=NC(C)C(S(=O)(=O)N2CCC(n3ncc(COc4ccc(-n5cnnn5)nc4)n3)CC2)S1. The molecule has 0 saturated carbocycles. The summed E-state index contributed by atoms with van der Waals surface area (Å²) in [6.45, 7) is 4.85. The van der Waals surface area contributed by atoms with E-state index in [0.717, 1.165) is 5.04 Å². The summed E-state index contributed by atoms with van der Waals surface area (Å²) >= 11 is 1.34. The van der Waals surface area contributed by atoms with Gasteiger partial charge in [-0.3, -0.25) is 4.99 Å². The zero-order valence-electron chi connectivity index (χ0n) is 18.7. The van der Waals surface area contributed by atoms with E-state index in [9.17, 15) is 8.42 Å². The van der Waals surface area contributed by atoms with Crippen molar-refractivity contribution in [2.45, 2.75) is 50.0 Å². The van der Waals surface area contributed by atoms with Crippen LogP contribution in [0.5, 0.6) is 5.75 Å². The number of tetrazole rings is 1. The monoisotopic (exact) mass is 504 g/mol. The molecule has 0 aromatic carbocycles. The Bertz CT molecular complexity index is 1250. The summed E-state index contributed by atoms with van der Waals surface area (Å²) in [4.78, 5) is 10.3. The molecule has 1 fully saturated rings. The molecule has 0 N–H and O–H groups in total. The number of hydrogen-bond donors (Lipinski definition) is 0. The molecular weight excluding hydrogens is 480 g/mol. The number of rotatable bonds is 7. The zero-order chi connectivity index (χ0) is 23.7. The first-order valence-electron chi connectivity index (χ1n) is 10.8. The number of piperidine rings is 1. The second-order valence-corrected chi connectivity index (χ2v) is 11.8. The molecule has 0 amide bonds. The van der Waals surface area contributed by atoms with Gasteiger partial charge in [-0.15, -0.1) is 5.10 Å². The topological polar surface area (TPSA) is 146 Å². The average molecular weight is 505 g/mol. The maximum Gasteiger partial charge on any atom is 0.228 e. The summed E-state index contributed by atoms with van der Waals surface area (Å²) in [6, 6.07) is 3.35. The van der Waals surface area contributed by atoms with Gasteiger partial charge in [0, 0.05) is 13.1 Å². The molecule has 5 heterocycles. The van der Waals surface area contributed by atoms with Gasteiger partial charge in [0.1, 0.15) is 29.0 Å². The number of ether oxygens (including phenoxy) is 1. The van der Waals surface area contributed by atoms with Crippen molar-refractivity contribution in [2.24, 2.45) is 4.99 Å². The minimum atomic E-state index is -3.41. The minimum absolute atomic E-state index is 0.0454. The minimum Gasteiger partial charge on any atom is -0.486 e. The maximum atomic E-state index is 13.1. The molecule has 15 heteroatoms. The van der Waals surface area contributed by atoms with Gasteiger partial charge in [0.05, 0.1) is 29.5 Å². The Morgan fingerprint density at radius 2 is 2.03 bits per heavy atom. The van der Waals surface area contributed by atoms with Gasteiger partial charge in [0.25, 0.3) is 0 Å². The fourth-order valence-electron chi connectivity index (χ4n) is 4.00. The van der Waals surface area contributed by atoms with Crippen LogP contribution in [0, 0.1) is 0 Å². The second-order valence-electron chi connectivity index (χ2n) is 8.10. The van der Waals surface area contributed by atoms with Crippen LogP contribution < -0.4 is 4.74 Å². The lowest BCUT2D eigenvalue weighted by Crippen LogP contribution is -2.45. The molecule has 3 aromatic rings. The number of aromatic nitrogens is 8. The maximum absolute atomic E-state index is 13.1. The summed E-state index contributed by atoms with van der Waals surface area (Å²) in [5.74, 6) is 1.17. The van der Waals surface area contributed by atoms with Crippen molar-refractivity contribution in [2.75, 3.05) is 13.1 Å². The summed E-state index contributed by atoms with van der Waals surface area (Å²) in [5, 5.41) is 20.7. The number of sulfonamides is 1. The molecule has 3 aromatic heterocycles. The van der Waals surface area contributed by atoms with E-state index in [1.807, 2.05) is 13.8 Å². The van der Waals surface area contributed by atoms with Crippen LogP contribution in [0.2, 0.25) is 0 Å². The van der Waals surface area contributed by atoms with Gasteiger partial charge in [0.15, 0.2) is 5.82 Å². The highest BCUT2D eigenvalue weighted by molar-refractivity contribution is 8.22. The highest BCUT2D eigenvalue weighted by atomic mass is 32.3. The lowest BCUT2D eigenvalue weighted by Gasteiger charge is -2.32. The highest BCUT2D eigenvalue weighted by Crippen LogP contribution is 2.34. The molecule has 34 heavy (non-hydrogen) atoms. The van der Waals surface area contributed by atoms with Gasteiger partial charge >= 0.3 is 0 Å². The molecule has 13 nitrogen and oxygen atoms in total. The zero-order valence-corrected chi connectivity index (χ0v) is 20.3. The van der Waals surface area contributed by atoms with Crippen LogP contribution in [0.25, 0.3) is 5.82 Å². The quantitative estimate of drug-likeness (QED) is 0.458. The van der Waals surface area contributed by atoms with E-state index in [2.05, 4.69) is 35.7 Å². The second kappa shape index (κ2) is 9.38. The van der Waals surface area contributed by atoms with Crippen LogP contribution in [0.3, 0.4) is 0 Å². The lowest BCUT2D eigenvalue weighted by molar-refractivity contribution is 0.241. The normalized spacial score (nSPS) is 22.1. The third kappa shape index (κ3) is 4.67.